The Labute approximate surface area is 115 Å². The molecule has 0 radical (unpaired) electrons. The second kappa shape index (κ2) is 6.45. The van der Waals surface area contributed by atoms with E-state index in [2.05, 4.69) is 5.32 Å². The number of sulfone groups is 1. The lowest BCUT2D eigenvalue weighted by Gasteiger charge is -2.13. The Morgan fingerprint density at radius 2 is 1.80 bits per heavy atom. The molecule has 0 amide bonds. The summed E-state index contributed by atoms with van der Waals surface area (Å²) in [6, 6.07) is 4.40. The molecule has 0 bridgehead atoms. The predicted molar refractivity (Wildman–Crippen MR) is 69.0 cm³/mol. The lowest BCUT2D eigenvalue weighted by molar-refractivity contribution is -0.0436. The van der Waals surface area contributed by atoms with Crippen molar-refractivity contribution in [1.29, 1.82) is 0 Å². The molecule has 0 fully saturated rings. The number of anilines is 1. The van der Waals surface area contributed by atoms with E-state index in [9.17, 15) is 21.6 Å². The number of halogens is 3. The van der Waals surface area contributed by atoms with Gasteiger partial charge in [0.15, 0.2) is 0 Å². The zero-order valence-electron chi connectivity index (χ0n) is 10.8. The lowest BCUT2D eigenvalue weighted by Crippen LogP contribution is -2.23. The third kappa shape index (κ3) is 4.11. The van der Waals surface area contributed by atoms with Crippen LogP contribution in [0.15, 0.2) is 29.2 Å². The third-order valence-electron chi connectivity index (χ3n) is 2.75. The molecule has 1 atom stereocenters. The molecule has 20 heavy (non-hydrogen) atoms. The van der Waals surface area contributed by atoms with E-state index in [1.54, 1.807) is 0 Å². The molecular weight excluding hydrogens is 295 g/mol. The fraction of sp³-hybridized carbons (Fsp3) is 0.500. The second-order valence-electron chi connectivity index (χ2n) is 4.47. The highest BCUT2D eigenvalue weighted by molar-refractivity contribution is 7.92. The number of aliphatic hydroxyl groups excluding tert-OH is 1. The van der Waals surface area contributed by atoms with Crippen molar-refractivity contribution < 1.29 is 26.7 Å². The Hall–Kier alpha value is -1.28. The highest BCUT2D eigenvalue weighted by atomic mass is 32.2. The SMILES string of the molecule is CC(CCO)CNc1ccc(S(=O)(=O)C(F)(F)F)cc1. The van der Waals surface area contributed by atoms with Crippen molar-refractivity contribution in [3.8, 4) is 0 Å². The zero-order chi connectivity index (χ0) is 15.4. The van der Waals surface area contributed by atoms with Gasteiger partial charge in [0.25, 0.3) is 9.84 Å². The van der Waals surface area contributed by atoms with Crippen molar-refractivity contribution in [2.75, 3.05) is 18.5 Å². The van der Waals surface area contributed by atoms with E-state index in [1.807, 2.05) is 6.92 Å². The normalized spacial score (nSPS) is 14.1. The van der Waals surface area contributed by atoms with Gasteiger partial charge in [-0.15, -0.1) is 0 Å². The molecule has 1 aromatic carbocycles. The molecule has 0 aromatic heterocycles. The molecule has 0 aliphatic heterocycles. The van der Waals surface area contributed by atoms with E-state index in [-0.39, 0.29) is 12.5 Å². The van der Waals surface area contributed by atoms with Crippen LogP contribution in [0.1, 0.15) is 13.3 Å². The van der Waals surface area contributed by atoms with Gasteiger partial charge in [-0.3, -0.25) is 0 Å². The van der Waals surface area contributed by atoms with Crippen molar-refractivity contribution in [2.24, 2.45) is 5.92 Å². The first-order valence-corrected chi connectivity index (χ1v) is 7.43. The van der Waals surface area contributed by atoms with Crippen molar-refractivity contribution in [2.45, 2.75) is 23.7 Å². The lowest BCUT2D eigenvalue weighted by atomic mass is 10.1. The maximum atomic E-state index is 12.3. The molecule has 0 spiro atoms. The largest absolute Gasteiger partial charge is 0.501 e. The molecule has 1 unspecified atom stereocenters. The number of nitrogens with one attached hydrogen (secondary N) is 1. The summed E-state index contributed by atoms with van der Waals surface area (Å²) in [6.07, 6.45) is 0.605. The van der Waals surface area contributed by atoms with Crippen LogP contribution in [0.4, 0.5) is 18.9 Å². The number of rotatable bonds is 6. The van der Waals surface area contributed by atoms with Gasteiger partial charge in [0.05, 0.1) is 4.90 Å². The van der Waals surface area contributed by atoms with E-state index in [1.165, 1.54) is 12.1 Å². The van der Waals surface area contributed by atoms with Gasteiger partial charge < -0.3 is 10.4 Å². The Morgan fingerprint density at radius 3 is 2.25 bits per heavy atom. The van der Waals surface area contributed by atoms with E-state index < -0.39 is 20.2 Å². The van der Waals surface area contributed by atoms with Gasteiger partial charge >= 0.3 is 5.51 Å². The van der Waals surface area contributed by atoms with Crippen molar-refractivity contribution in [1.82, 2.24) is 0 Å². The van der Waals surface area contributed by atoms with Crippen molar-refractivity contribution in [3.05, 3.63) is 24.3 Å². The summed E-state index contributed by atoms with van der Waals surface area (Å²) >= 11 is 0. The zero-order valence-corrected chi connectivity index (χ0v) is 11.6. The fourth-order valence-corrected chi connectivity index (χ4v) is 2.26. The van der Waals surface area contributed by atoms with Crippen LogP contribution in [-0.2, 0) is 9.84 Å². The minimum atomic E-state index is -5.29. The minimum absolute atomic E-state index is 0.0611. The number of benzene rings is 1. The van der Waals surface area contributed by atoms with Gasteiger partial charge in [0.2, 0.25) is 0 Å². The Morgan fingerprint density at radius 1 is 1.25 bits per heavy atom. The number of hydrogen-bond donors (Lipinski definition) is 2. The summed E-state index contributed by atoms with van der Waals surface area (Å²) < 4.78 is 59.3. The van der Waals surface area contributed by atoms with E-state index >= 15 is 0 Å². The number of hydrogen-bond acceptors (Lipinski definition) is 4. The summed E-state index contributed by atoms with van der Waals surface area (Å²) in [5.74, 6) is 0.193. The maximum absolute atomic E-state index is 12.3. The van der Waals surface area contributed by atoms with Crippen LogP contribution in [-0.4, -0.2) is 32.2 Å². The highest BCUT2D eigenvalue weighted by Crippen LogP contribution is 2.30. The molecular formula is C12H16F3NO3S. The van der Waals surface area contributed by atoms with Gasteiger partial charge in [-0.1, -0.05) is 6.92 Å². The molecule has 0 aliphatic carbocycles. The third-order valence-corrected chi connectivity index (χ3v) is 4.25. The smallest absolute Gasteiger partial charge is 0.396 e. The standard InChI is InChI=1S/C12H16F3NO3S/c1-9(6-7-17)8-16-10-2-4-11(5-3-10)20(18,19)12(13,14)15/h2-5,9,16-17H,6-8H2,1H3. The number of aliphatic hydroxyl groups is 1. The highest BCUT2D eigenvalue weighted by Gasteiger charge is 2.46. The van der Waals surface area contributed by atoms with E-state index in [4.69, 9.17) is 5.11 Å². The molecule has 1 aromatic rings. The Bertz CT molecular complexity index is 526. The summed E-state index contributed by atoms with van der Waals surface area (Å²) in [5, 5.41) is 11.7. The van der Waals surface area contributed by atoms with Gasteiger partial charge in [-0.05, 0) is 36.6 Å². The van der Waals surface area contributed by atoms with Crippen LogP contribution in [0.3, 0.4) is 0 Å². The molecule has 0 heterocycles. The van der Waals surface area contributed by atoms with Gasteiger partial charge in [-0.2, -0.15) is 13.2 Å². The fourth-order valence-electron chi connectivity index (χ4n) is 1.50. The molecule has 114 valence electrons. The topological polar surface area (TPSA) is 66.4 Å². The Kier molecular flexibility index (Phi) is 5.41. The first-order chi connectivity index (χ1) is 9.18. The Balaban J connectivity index is 2.75. The summed E-state index contributed by atoms with van der Waals surface area (Å²) in [4.78, 5) is -0.779. The molecule has 8 heteroatoms. The summed E-state index contributed by atoms with van der Waals surface area (Å²) in [6.45, 7) is 2.50. The quantitative estimate of drug-likeness (QED) is 0.847. The molecule has 2 N–H and O–H groups in total. The molecule has 4 nitrogen and oxygen atoms in total. The van der Waals surface area contributed by atoms with Crippen LogP contribution < -0.4 is 5.32 Å². The maximum Gasteiger partial charge on any atom is 0.501 e. The molecule has 0 saturated heterocycles. The average Bonchev–Trinajstić information content (AvgIpc) is 2.36. The van der Waals surface area contributed by atoms with Gasteiger partial charge in [0, 0.05) is 18.8 Å². The first-order valence-electron chi connectivity index (χ1n) is 5.94. The van der Waals surface area contributed by atoms with Crippen LogP contribution in [0, 0.1) is 5.92 Å². The summed E-state index contributed by atoms with van der Waals surface area (Å²) in [5.41, 5.74) is -4.77. The van der Waals surface area contributed by atoms with E-state index in [0.29, 0.717) is 18.7 Å². The van der Waals surface area contributed by atoms with Crippen molar-refractivity contribution >= 4 is 15.5 Å². The van der Waals surface area contributed by atoms with E-state index in [0.717, 1.165) is 12.1 Å². The van der Waals surface area contributed by atoms with Gasteiger partial charge in [0.1, 0.15) is 0 Å². The average molecular weight is 311 g/mol. The van der Waals surface area contributed by atoms with Crippen LogP contribution >= 0.6 is 0 Å². The molecule has 1 rings (SSSR count). The number of alkyl halides is 3. The van der Waals surface area contributed by atoms with Crippen LogP contribution in [0.25, 0.3) is 0 Å². The summed E-state index contributed by atoms with van der Waals surface area (Å²) in [7, 11) is -5.29. The van der Waals surface area contributed by atoms with Gasteiger partial charge in [-0.25, -0.2) is 8.42 Å². The first kappa shape index (κ1) is 16.8. The van der Waals surface area contributed by atoms with Crippen molar-refractivity contribution in [3.63, 3.8) is 0 Å². The minimum Gasteiger partial charge on any atom is -0.396 e. The van der Waals surface area contributed by atoms with Crippen LogP contribution in [0.5, 0.6) is 0 Å². The monoisotopic (exact) mass is 311 g/mol. The van der Waals surface area contributed by atoms with Crippen LogP contribution in [0.2, 0.25) is 0 Å². The molecule has 0 saturated carbocycles. The molecule has 0 aliphatic rings. The predicted octanol–water partition coefficient (Wildman–Crippen LogP) is 2.41. The second-order valence-corrected chi connectivity index (χ2v) is 6.41.